The highest BCUT2D eigenvalue weighted by Crippen LogP contribution is 2.26. The van der Waals surface area contributed by atoms with Crippen LogP contribution in [0.5, 0.6) is 0 Å². The molecule has 1 saturated carbocycles. The molecule has 4 nitrogen and oxygen atoms in total. The van der Waals surface area contributed by atoms with Gasteiger partial charge in [-0.1, -0.05) is 13.3 Å². The van der Waals surface area contributed by atoms with Crippen LogP contribution in [0.1, 0.15) is 44.1 Å². The van der Waals surface area contributed by atoms with Crippen molar-refractivity contribution in [3.63, 3.8) is 0 Å². The second-order valence-electron chi connectivity index (χ2n) is 5.14. The number of nitrogens with zero attached hydrogens (tertiary/aromatic N) is 2. The average Bonchev–Trinajstić information content (AvgIpc) is 2.59. The van der Waals surface area contributed by atoms with Crippen LogP contribution in [0, 0.1) is 12.8 Å². The quantitative estimate of drug-likeness (QED) is 0.839. The van der Waals surface area contributed by atoms with Gasteiger partial charge in [0.05, 0.1) is 0 Å². The third-order valence-corrected chi connectivity index (χ3v) is 3.71. The van der Waals surface area contributed by atoms with E-state index in [-0.39, 0.29) is 11.8 Å². The summed E-state index contributed by atoms with van der Waals surface area (Å²) in [5.41, 5.74) is 1.21. The van der Waals surface area contributed by atoms with E-state index >= 15 is 0 Å². The smallest absolute Gasteiger partial charge is 0.223 e. The van der Waals surface area contributed by atoms with Gasteiger partial charge in [0.15, 0.2) is 0 Å². The second kappa shape index (κ2) is 6.03. The van der Waals surface area contributed by atoms with Gasteiger partial charge in [0.1, 0.15) is 5.82 Å². The molecule has 1 aromatic heterocycles. The molecule has 0 bridgehead atoms. The molecule has 0 aromatic carbocycles. The van der Waals surface area contributed by atoms with Gasteiger partial charge in [-0.15, -0.1) is 0 Å². The minimum Gasteiger partial charge on any atom is -0.355 e. The number of aryl methyl sites for hydroxylation is 1. The van der Waals surface area contributed by atoms with Gasteiger partial charge in [-0.25, -0.2) is 4.98 Å². The fraction of sp³-hybridized carbons (Fsp3) is 0.714. The largest absolute Gasteiger partial charge is 0.355 e. The monoisotopic (exact) mass is 249 g/mol. The van der Waals surface area contributed by atoms with E-state index in [2.05, 4.69) is 28.7 Å². The van der Waals surface area contributed by atoms with Crippen LogP contribution in [0.15, 0.2) is 6.20 Å². The Balaban J connectivity index is 1.80. The maximum Gasteiger partial charge on any atom is 0.223 e. The zero-order valence-corrected chi connectivity index (χ0v) is 11.4. The summed E-state index contributed by atoms with van der Waals surface area (Å²) in [6.07, 6.45) is 7.19. The molecule has 1 N–H and O–H groups in total. The van der Waals surface area contributed by atoms with Crippen LogP contribution >= 0.6 is 0 Å². The van der Waals surface area contributed by atoms with E-state index < -0.39 is 0 Å². The van der Waals surface area contributed by atoms with Gasteiger partial charge in [0.2, 0.25) is 5.91 Å². The number of hydrogen-bond donors (Lipinski definition) is 1. The zero-order valence-electron chi connectivity index (χ0n) is 11.4. The Kier molecular flexibility index (Phi) is 4.39. The lowest BCUT2D eigenvalue weighted by atomic mass is 9.85. The van der Waals surface area contributed by atoms with Gasteiger partial charge in [-0.2, -0.15) is 0 Å². The lowest BCUT2D eigenvalue weighted by molar-refractivity contribution is -0.127. The Morgan fingerprint density at radius 3 is 2.94 bits per heavy atom. The molecule has 1 aromatic rings. The van der Waals surface area contributed by atoms with E-state index in [9.17, 15) is 4.79 Å². The third-order valence-electron chi connectivity index (χ3n) is 3.71. The van der Waals surface area contributed by atoms with Crippen molar-refractivity contribution in [2.45, 2.75) is 52.5 Å². The summed E-state index contributed by atoms with van der Waals surface area (Å²) >= 11 is 0. The molecule has 0 aliphatic heterocycles. The van der Waals surface area contributed by atoms with Gasteiger partial charge < -0.3 is 9.88 Å². The fourth-order valence-electron chi connectivity index (χ4n) is 2.35. The molecule has 100 valence electrons. The lowest BCUT2D eigenvalue weighted by Gasteiger charge is -2.24. The first-order chi connectivity index (χ1) is 8.72. The summed E-state index contributed by atoms with van der Waals surface area (Å²) in [5.74, 6) is 1.59. The molecular weight excluding hydrogens is 226 g/mol. The number of rotatable bonds is 6. The molecule has 4 heteroatoms. The summed E-state index contributed by atoms with van der Waals surface area (Å²) in [5, 5.41) is 3.02. The van der Waals surface area contributed by atoms with Gasteiger partial charge in [0.25, 0.3) is 0 Å². The molecule has 1 fully saturated rings. The first kappa shape index (κ1) is 13.1. The Bertz CT molecular complexity index is 407. The van der Waals surface area contributed by atoms with Crippen molar-refractivity contribution in [1.82, 2.24) is 14.9 Å². The SMILES string of the molecule is CCCn1c(C)cnc1CCNC(=O)C1CCC1. The summed E-state index contributed by atoms with van der Waals surface area (Å²) < 4.78 is 2.25. The van der Waals surface area contributed by atoms with Crippen molar-refractivity contribution < 1.29 is 4.79 Å². The van der Waals surface area contributed by atoms with E-state index in [1.165, 1.54) is 12.1 Å². The van der Waals surface area contributed by atoms with E-state index in [0.717, 1.165) is 38.1 Å². The fourth-order valence-corrected chi connectivity index (χ4v) is 2.35. The Hall–Kier alpha value is -1.32. The lowest BCUT2D eigenvalue weighted by Crippen LogP contribution is -2.35. The van der Waals surface area contributed by atoms with Crippen LogP contribution in [0.25, 0.3) is 0 Å². The highest BCUT2D eigenvalue weighted by atomic mass is 16.1. The standard InChI is InChI=1S/C14H23N3O/c1-3-9-17-11(2)10-16-13(17)7-8-15-14(18)12-5-4-6-12/h10,12H,3-9H2,1-2H3,(H,15,18). The number of hydrogen-bond acceptors (Lipinski definition) is 2. The van der Waals surface area contributed by atoms with Gasteiger partial charge in [-0.05, 0) is 26.2 Å². The first-order valence-electron chi connectivity index (χ1n) is 7.01. The van der Waals surface area contributed by atoms with Crippen molar-refractivity contribution in [2.24, 2.45) is 5.92 Å². The van der Waals surface area contributed by atoms with Crippen molar-refractivity contribution in [3.05, 3.63) is 17.7 Å². The number of nitrogens with one attached hydrogen (secondary N) is 1. The average molecular weight is 249 g/mol. The number of amides is 1. The number of carbonyl (C=O) groups is 1. The molecule has 0 radical (unpaired) electrons. The van der Waals surface area contributed by atoms with E-state index in [1.807, 2.05) is 6.20 Å². The second-order valence-corrected chi connectivity index (χ2v) is 5.14. The Labute approximate surface area is 109 Å². The molecule has 1 heterocycles. The minimum atomic E-state index is 0.228. The molecule has 0 atom stereocenters. The molecule has 2 rings (SSSR count). The van der Waals surface area contributed by atoms with Crippen LogP contribution in [-0.4, -0.2) is 22.0 Å². The topological polar surface area (TPSA) is 46.9 Å². The zero-order chi connectivity index (χ0) is 13.0. The van der Waals surface area contributed by atoms with E-state index in [0.29, 0.717) is 6.54 Å². The van der Waals surface area contributed by atoms with Crippen LogP contribution < -0.4 is 5.32 Å². The van der Waals surface area contributed by atoms with Crippen molar-refractivity contribution >= 4 is 5.91 Å². The van der Waals surface area contributed by atoms with E-state index in [1.54, 1.807) is 0 Å². The summed E-state index contributed by atoms with van der Waals surface area (Å²) in [6, 6.07) is 0. The highest BCUT2D eigenvalue weighted by molar-refractivity contribution is 5.79. The Morgan fingerprint density at radius 2 is 2.33 bits per heavy atom. The van der Waals surface area contributed by atoms with Gasteiger partial charge in [0, 0.05) is 37.3 Å². The first-order valence-corrected chi connectivity index (χ1v) is 7.01. The van der Waals surface area contributed by atoms with Gasteiger partial charge >= 0.3 is 0 Å². The minimum absolute atomic E-state index is 0.228. The molecular formula is C14H23N3O. The summed E-state index contributed by atoms with van der Waals surface area (Å²) in [7, 11) is 0. The van der Waals surface area contributed by atoms with Crippen LogP contribution in [0.3, 0.4) is 0 Å². The molecule has 1 amide bonds. The molecule has 1 aliphatic rings. The van der Waals surface area contributed by atoms with Crippen molar-refractivity contribution in [2.75, 3.05) is 6.54 Å². The van der Waals surface area contributed by atoms with Crippen molar-refractivity contribution in [3.8, 4) is 0 Å². The summed E-state index contributed by atoms with van der Waals surface area (Å²) in [6.45, 7) is 5.97. The van der Waals surface area contributed by atoms with Crippen LogP contribution in [0.2, 0.25) is 0 Å². The molecule has 0 unspecified atom stereocenters. The highest BCUT2D eigenvalue weighted by Gasteiger charge is 2.24. The molecule has 0 saturated heterocycles. The molecule has 1 aliphatic carbocycles. The van der Waals surface area contributed by atoms with Crippen LogP contribution in [0.4, 0.5) is 0 Å². The maximum absolute atomic E-state index is 11.7. The molecule has 0 spiro atoms. The normalized spacial score (nSPS) is 15.4. The maximum atomic E-state index is 11.7. The van der Waals surface area contributed by atoms with E-state index in [4.69, 9.17) is 0 Å². The number of carbonyl (C=O) groups excluding carboxylic acids is 1. The third kappa shape index (κ3) is 2.92. The summed E-state index contributed by atoms with van der Waals surface area (Å²) in [4.78, 5) is 16.1. The molecule has 18 heavy (non-hydrogen) atoms. The number of imidazole rings is 1. The Morgan fingerprint density at radius 1 is 1.56 bits per heavy atom. The van der Waals surface area contributed by atoms with Gasteiger partial charge in [-0.3, -0.25) is 4.79 Å². The predicted octanol–water partition coefficient (Wildman–Crippen LogP) is 2.06. The van der Waals surface area contributed by atoms with Crippen molar-refractivity contribution in [1.29, 1.82) is 0 Å². The van der Waals surface area contributed by atoms with Crippen LogP contribution in [-0.2, 0) is 17.8 Å². The predicted molar refractivity (Wildman–Crippen MR) is 71.3 cm³/mol. The number of aromatic nitrogens is 2.